The van der Waals surface area contributed by atoms with Crippen LogP contribution in [0.3, 0.4) is 0 Å². The Morgan fingerprint density at radius 1 is 1.35 bits per heavy atom. The normalized spacial score (nSPS) is 11.3. The van der Waals surface area contributed by atoms with Crippen LogP contribution in [-0.2, 0) is 16.0 Å². The van der Waals surface area contributed by atoms with Crippen LogP contribution in [0.15, 0.2) is 18.2 Å². The summed E-state index contributed by atoms with van der Waals surface area (Å²) in [6.45, 7) is 7.57. The maximum atomic E-state index is 11.5. The quantitative estimate of drug-likeness (QED) is 0.647. The van der Waals surface area contributed by atoms with Gasteiger partial charge in [0.1, 0.15) is 5.60 Å². The van der Waals surface area contributed by atoms with Crippen LogP contribution in [0, 0.1) is 6.92 Å². The highest BCUT2D eigenvalue weighted by molar-refractivity contribution is 5.70. The number of ether oxygens (including phenoxy) is 1. The van der Waals surface area contributed by atoms with E-state index >= 15 is 0 Å². The number of esters is 1. The van der Waals surface area contributed by atoms with Gasteiger partial charge in [-0.05, 0) is 51.3 Å². The largest absolute Gasteiger partial charge is 0.460 e. The number of benzene rings is 1. The van der Waals surface area contributed by atoms with Crippen molar-refractivity contribution in [2.24, 2.45) is 0 Å². The number of carbonyl (C=O) groups excluding carboxylic acids is 1. The maximum absolute atomic E-state index is 11.5. The molecule has 0 unspecified atom stereocenters. The Balaban J connectivity index is 2.50. The van der Waals surface area contributed by atoms with Gasteiger partial charge in [0.25, 0.3) is 0 Å². The van der Waals surface area contributed by atoms with Crippen LogP contribution in [-0.4, -0.2) is 11.6 Å². The number of hydrogen-bond donors (Lipinski definition) is 1. The second-order valence-corrected chi connectivity index (χ2v) is 5.28. The average Bonchev–Trinajstić information content (AvgIpc) is 2.17. The summed E-state index contributed by atoms with van der Waals surface area (Å²) >= 11 is 0. The Kier molecular flexibility index (Phi) is 4.16. The molecule has 3 nitrogen and oxygen atoms in total. The third kappa shape index (κ3) is 4.89. The second kappa shape index (κ2) is 5.21. The van der Waals surface area contributed by atoms with Crippen LogP contribution >= 0.6 is 0 Å². The highest BCUT2D eigenvalue weighted by atomic mass is 16.6. The summed E-state index contributed by atoms with van der Waals surface area (Å²) in [4.78, 5) is 11.5. The fourth-order valence-electron chi connectivity index (χ4n) is 1.48. The second-order valence-electron chi connectivity index (χ2n) is 5.28. The maximum Gasteiger partial charge on any atom is 0.306 e. The summed E-state index contributed by atoms with van der Waals surface area (Å²) in [6, 6.07) is 5.88. The zero-order chi connectivity index (χ0) is 13.1. The van der Waals surface area contributed by atoms with E-state index < -0.39 is 5.60 Å². The van der Waals surface area contributed by atoms with E-state index in [9.17, 15) is 4.79 Å². The molecular weight excluding hydrogens is 214 g/mol. The summed E-state index contributed by atoms with van der Waals surface area (Å²) < 4.78 is 5.24. The number of nitrogens with two attached hydrogens (primary N) is 1. The SMILES string of the molecule is Cc1ccc(CCC(=O)OC(C)(C)C)cc1N. The molecule has 3 heteroatoms. The molecule has 0 atom stereocenters. The molecule has 1 aromatic carbocycles. The molecule has 0 radical (unpaired) electrons. The van der Waals surface area contributed by atoms with Gasteiger partial charge < -0.3 is 10.5 Å². The molecule has 0 aliphatic rings. The Labute approximate surface area is 103 Å². The average molecular weight is 235 g/mol. The molecule has 0 bridgehead atoms. The number of nitrogen functional groups attached to an aromatic ring is 1. The summed E-state index contributed by atoms with van der Waals surface area (Å²) in [7, 11) is 0. The van der Waals surface area contributed by atoms with E-state index in [1.807, 2.05) is 45.9 Å². The van der Waals surface area contributed by atoms with Crippen molar-refractivity contribution in [2.75, 3.05) is 5.73 Å². The predicted molar refractivity (Wildman–Crippen MR) is 69.8 cm³/mol. The van der Waals surface area contributed by atoms with E-state index in [-0.39, 0.29) is 5.97 Å². The third-order valence-electron chi connectivity index (χ3n) is 2.38. The van der Waals surface area contributed by atoms with Crippen molar-refractivity contribution in [2.45, 2.75) is 46.1 Å². The van der Waals surface area contributed by atoms with Crippen molar-refractivity contribution < 1.29 is 9.53 Å². The Bertz CT molecular complexity index is 405. The van der Waals surface area contributed by atoms with E-state index in [4.69, 9.17) is 10.5 Å². The van der Waals surface area contributed by atoms with Gasteiger partial charge in [-0.1, -0.05) is 12.1 Å². The van der Waals surface area contributed by atoms with Gasteiger partial charge in [-0.3, -0.25) is 4.79 Å². The molecule has 0 aliphatic carbocycles. The molecule has 94 valence electrons. The molecule has 1 aromatic rings. The molecular formula is C14H21NO2. The van der Waals surface area contributed by atoms with E-state index in [1.54, 1.807) is 0 Å². The van der Waals surface area contributed by atoms with Gasteiger partial charge >= 0.3 is 5.97 Å². The minimum absolute atomic E-state index is 0.170. The Hall–Kier alpha value is -1.51. The van der Waals surface area contributed by atoms with Crippen LogP contribution in [0.2, 0.25) is 0 Å². The Morgan fingerprint density at radius 3 is 2.53 bits per heavy atom. The topological polar surface area (TPSA) is 52.3 Å². The molecule has 0 amide bonds. The molecule has 1 rings (SSSR count). The number of aryl methyl sites for hydroxylation is 2. The molecule has 0 fully saturated rings. The molecule has 0 aliphatic heterocycles. The lowest BCUT2D eigenvalue weighted by molar-refractivity contribution is -0.154. The van der Waals surface area contributed by atoms with Crippen LogP contribution in [0.25, 0.3) is 0 Å². The van der Waals surface area contributed by atoms with Gasteiger partial charge in [-0.2, -0.15) is 0 Å². The lowest BCUT2D eigenvalue weighted by Crippen LogP contribution is -2.24. The monoisotopic (exact) mass is 235 g/mol. The molecule has 0 saturated carbocycles. The minimum atomic E-state index is -0.413. The lowest BCUT2D eigenvalue weighted by atomic mass is 10.1. The van der Waals surface area contributed by atoms with Crippen molar-refractivity contribution >= 4 is 11.7 Å². The van der Waals surface area contributed by atoms with Gasteiger partial charge in [-0.25, -0.2) is 0 Å². The van der Waals surface area contributed by atoms with Crippen LogP contribution in [0.5, 0.6) is 0 Å². The van der Waals surface area contributed by atoms with Crippen LogP contribution in [0.1, 0.15) is 38.3 Å². The van der Waals surface area contributed by atoms with E-state index in [1.165, 1.54) is 0 Å². The molecule has 17 heavy (non-hydrogen) atoms. The van der Waals surface area contributed by atoms with Gasteiger partial charge in [0.15, 0.2) is 0 Å². The standard InChI is InChI=1S/C14H21NO2/c1-10-5-6-11(9-12(10)15)7-8-13(16)17-14(2,3)4/h5-6,9H,7-8,15H2,1-4H3. The van der Waals surface area contributed by atoms with Gasteiger partial charge in [0, 0.05) is 12.1 Å². The molecule has 0 spiro atoms. The van der Waals surface area contributed by atoms with Crippen molar-refractivity contribution in [3.8, 4) is 0 Å². The first-order valence-electron chi connectivity index (χ1n) is 5.85. The van der Waals surface area contributed by atoms with Crippen molar-refractivity contribution in [3.63, 3.8) is 0 Å². The fraction of sp³-hybridized carbons (Fsp3) is 0.500. The van der Waals surface area contributed by atoms with E-state index in [0.717, 1.165) is 16.8 Å². The van der Waals surface area contributed by atoms with Crippen molar-refractivity contribution in [3.05, 3.63) is 29.3 Å². The van der Waals surface area contributed by atoms with Crippen LogP contribution < -0.4 is 5.73 Å². The first-order chi connectivity index (χ1) is 7.78. The number of carbonyl (C=O) groups is 1. The zero-order valence-electron chi connectivity index (χ0n) is 11.0. The first-order valence-corrected chi connectivity index (χ1v) is 5.85. The zero-order valence-corrected chi connectivity index (χ0v) is 11.0. The fourth-order valence-corrected chi connectivity index (χ4v) is 1.48. The first kappa shape index (κ1) is 13.6. The highest BCUT2D eigenvalue weighted by Gasteiger charge is 2.15. The summed E-state index contributed by atoms with van der Waals surface area (Å²) in [6.07, 6.45) is 1.05. The molecule has 0 aromatic heterocycles. The van der Waals surface area contributed by atoms with E-state index in [0.29, 0.717) is 12.8 Å². The highest BCUT2D eigenvalue weighted by Crippen LogP contribution is 2.15. The molecule has 2 N–H and O–H groups in total. The number of anilines is 1. The van der Waals surface area contributed by atoms with Crippen molar-refractivity contribution in [1.82, 2.24) is 0 Å². The van der Waals surface area contributed by atoms with Crippen molar-refractivity contribution in [1.29, 1.82) is 0 Å². The summed E-state index contributed by atoms with van der Waals surface area (Å²) in [5.41, 5.74) is 8.30. The number of hydrogen-bond acceptors (Lipinski definition) is 3. The van der Waals surface area contributed by atoms with Crippen LogP contribution in [0.4, 0.5) is 5.69 Å². The Morgan fingerprint density at radius 2 is 2.00 bits per heavy atom. The smallest absolute Gasteiger partial charge is 0.306 e. The van der Waals surface area contributed by atoms with Gasteiger partial charge in [0.05, 0.1) is 0 Å². The molecule has 0 saturated heterocycles. The lowest BCUT2D eigenvalue weighted by Gasteiger charge is -2.19. The van der Waals surface area contributed by atoms with Gasteiger partial charge in [0.2, 0.25) is 0 Å². The predicted octanol–water partition coefficient (Wildman–Crippen LogP) is 2.85. The summed E-state index contributed by atoms with van der Waals surface area (Å²) in [5.74, 6) is -0.170. The minimum Gasteiger partial charge on any atom is -0.460 e. The third-order valence-corrected chi connectivity index (χ3v) is 2.38. The molecule has 0 heterocycles. The van der Waals surface area contributed by atoms with Gasteiger partial charge in [-0.15, -0.1) is 0 Å². The van der Waals surface area contributed by atoms with E-state index in [2.05, 4.69) is 0 Å². The summed E-state index contributed by atoms with van der Waals surface area (Å²) in [5, 5.41) is 0. The number of rotatable bonds is 3.